The molecule has 2 atom stereocenters. The van der Waals surface area contributed by atoms with Gasteiger partial charge in [-0.1, -0.05) is 0 Å². The molecule has 2 bridgehead atoms. The summed E-state index contributed by atoms with van der Waals surface area (Å²) in [4.78, 5) is 11.9. The molecule has 0 radical (unpaired) electrons. The standard InChI is InChI=1S/C12H19FO3S/c13-6-2-1-3-12(14)9-7-10-4-5-11(8-9)17(10,15)16/h9-11H,1-8H2. The van der Waals surface area contributed by atoms with Gasteiger partial charge in [0.05, 0.1) is 17.2 Å². The van der Waals surface area contributed by atoms with E-state index in [2.05, 4.69) is 0 Å². The number of carbonyl (C=O) groups excluding carboxylic acids is 1. The SMILES string of the molecule is O=C(CCCCF)C1CC2CCC(C1)S2(=O)=O. The first-order chi connectivity index (χ1) is 8.05. The van der Waals surface area contributed by atoms with Crippen LogP contribution in [0.4, 0.5) is 4.39 Å². The van der Waals surface area contributed by atoms with Gasteiger partial charge < -0.3 is 0 Å². The average Bonchev–Trinajstić information content (AvgIpc) is 2.50. The molecule has 0 aliphatic carbocycles. The average molecular weight is 262 g/mol. The van der Waals surface area contributed by atoms with Crippen LogP contribution in [-0.4, -0.2) is 31.4 Å². The number of hydrogen-bond acceptors (Lipinski definition) is 3. The van der Waals surface area contributed by atoms with Gasteiger partial charge in [0.15, 0.2) is 9.84 Å². The summed E-state index contributed by atoms with van der Waals surface area (Å²) < 4.78 is 35.6. The molecule has 2 unspecified atom stereocenters. The third kappa shape index (κ3) is 2.54. The molecule has 0 spiro atoms. The topological polar surface area (TPSA) is 51.2 Å². The van der Waals surface area contributed by atoms with E-state index in [1.54, 1.807) is 0 Å². The van der Waals surface area contributed by atoms with E-state index < -0.39 is 9.84 Å². The molecule has 2 rings (SSSR count). The number of ketones is 1. The van der Waals surface area contributed by atoms with Crippen molar-refractivity contribution in [3.63, 3.8) is 0 Å². The summed E-state index contributed by atoms with van der Waals surface area (Å²) in [5, 5.41) is -0.562. The monoisotopic (exact) mass is 262 g/mol. The highest BCUT2D eigenvalue weighted by Crippen LogP contribution is 2.41. The molecule has 3 nitrogen and oxygen atoms in total. The van der Waals surface area contributed by atoms with Crippen molar-refractivity contribution in [3.05, 3.63) is 0 Å². The molecule has 0 aromatic rings. The van der Waals surface area contributed by atoms with Crippen molar-refractivity contribution >= 4 is 15.6 Å². The van der Waals surface area contributed by atoms with Crippen molar-refractivity contribution in [2.24, 2.45) is 5.92 Å². The molecule has 0 saturated carbocycles. The lowest BCUT2D eigenvalue weighted by Gasteiger charge is -2.26. The summed E-state index contributed by atoms with van der Waals surface area (Å²) in [7, 11) is -2.93. The first-order valence-corrected chi connectivity index (χ1v) is 7.98. The highest BCUT2D eigenvalue weighted by molar-refractivity contribution is 7.93. The van der Waals surface area contributed by atoms with Crippen LogP contribution < -0.4 is 0 Å². The molecule has 2 aliphatic rings. The summed E-state index contributed by atoms with van der Waals surface area (Å²) in [6, 6.07) is 0. The highest BCUT2D eigenvalue weighted by Gasteiger charge is 2.48. The van der Waals surface area contributed by atoms with Crippen LogP contribution in [-0.2, 0) is 14.6 Å². The predicted molar refractivity (Wildman–Crippen MR) is 63.3 cm³/mol. The minimum Gasteiger partial charge on any atom is -0.299 e. The van der Waals surface area contributed by atoms with Gasteiger partial charge in [-0.2, -0.15) is 0 Å². The summed E-state index contributed by atoms with van der Waals surface area (Å²) in [5.74, 6) is 0.0564. The van der Waals surface area contributed by atoms with Gasteiger partial charge in [-0.3, -0.25) is 9.18 Å². The van der Waals surface area contributed by atoms with Crippen LogP contribution in [0.3, 0.4) is 0 Å². The number of rotatable bonds is 5. The van der Waals surface area contributed by atoms with Crippen molar-refractivity contribution in [1.82, 2.24) is 0 Å². The minimum absolute atomic E-state index is 0.0874. The number of fused-ring (bicyclic) bond motifs is 2. The second kappa shape index (κ2) is 5.04. The van der Waals surface area contributed by atoms with E-state index in [4.69, 9.17) is 0 Å². The zero-order valence-corrected chi connectivity index (χ0v) is 10.7. The number of alkyl halides is 1. The molecular weight excluding hydrogens is 243 g/mol. The van der Waals surface area contributed by atoms with Crippen molar-refractivity contribution < 1.29 is 17.6 Å². The van der Waals surface area contributed by atoms with Crippen LogP contribution in [0.25, 0.3) is 0 Å². The minimum atomic E-state index is -2.93. The maximum Gasteiger partial charge on any atom is 0.156 e. The van der Waals surface area contributed by atoms with Gasteiger partial charge in [-0.25, -0.2) is 8.42 Å². The highest BCUT2D eigenvalue weighted by atomic mass is 32.2. The fourth-order valence-corrected chi connectivity index (χ4v) is 5.54. The molecule has 2 heterocycles. The van der Waals surface area contributed by atoms with Crippen molar-refractivity contribution in [1.29, 1.82) is 0 Å². The third-order valence-corrected chi connectivity index (χ3v) is 6.81. The van der Waals surface area contributed by atoms with Crippen LogP contribution in [0.5, 0.6) is 0 Å². The Morgan fingerprint density at radius 2 is 1.71 bits per heavy atom. The fourth-order valence-electron chi connectivity index (χ4n) is 3.07. The molecule has 2 fully saturated rings. The molecule has 2 saturated heterocycles. The molecule has 5 heteroatoms. The summed E-state index contributed by atoms with van der Waals surface area (Å²) in [6.07, 6.45) is 3.90. The lowest BCUT2D eigenvalue weighted by molar-refractivity contribution is -0.123. The Kier molecular flexibility index (Phi) is 3.85. The van der Waals surface area contributed by atoms with E-state index >= 15 is 0 Å². The lowest BCUT2D eigenvalue weighted by Crippen LogP contribution is -2.36. The van der Waals surface area contributed by atoms with Gasteiger partial charge in [0, 0.05) is 12.3 Å². The first-order valence-electron chi connectivity index (χ1n) is 6.37. The maximum absolute atomic E-state index is 11.9. The quantitative estimate of drug-likeness (QED) is 0.712. The number of Topliss-reactive ketones (excluding diaryl/α,β-unsaturated/α-hetero) is 1. The molecule has 2 aliphatic heterocycles. The van der Waals surface area contributed by atoms with Gasteiger partial charge in [-0.05, 0) is 38.5 Å². The van der Waals surface area contributed by atoms with E-state index in [1.165, 1.54) is 0 Å². The van der Waals surface area contributed by atoms with Gasteiger partial charge in [-0.15, -0.1) is 0 Å². The van der Waals surface area contributed by atoms with E-state index in [0.29, 0.717) is 32.1 Å². The number of halogens is 1. The molecule has 17 heavy (non-hydrogen) atoms. The van der Waals surface area contributed by atoms with Crippen molar-refractivity contribution in [3.8, 4) is 0 Å². The number of unbranched alkanes of at least 4 members (excludes halogenated alkanes) is 1. The van der Waals surface area contributed by atoms with E-state index in [0.717, 1.165) is 12.8 Å². The Morgan fingerprint density at radius 1 is 1.12 bits per heavy atom. The van der Waals surface area contributed by atoms with Gasteiger partial charge >= 0.3 is 0 Å². The first kappa shape index (κ1) is 13.0. The molecule has 0 N–H and O–H groups in total. The smallest absolute Gasteiger partial charge is 0.156 e. The Hall–Kier alpha value is -0.450. The van der Waals surface area contributed by atoms with Crippen molar-refractivity contribution in [2.45, 2.75) is 55.4 Å². The molecule has 0 amide bonds. The van der Waals surface area contributed by atoms with Crippen LogP contribution in [0.15, 0.2) is 0 Å². The second-order valence-electron chi connectivity index (χ2n) is 5.19. The van der Waals surface area contributed by atoms with Gasteiger partial charge in [0.25, 0.3) is 0 Å². The number of sulfone groups is 1. The van der Waals surface area contributed by atoms with E-state index in [9.17, 15) is 17.6 Å². The molecular formula is C12H19FO3S. The molecule has 98 valence electrons. The van der Waals surface area contributed by atoms with Gasteiger partial charge in [0.2, 0.25) is 0 Å². The van der Waals surface area contributed by atoms with E-state index in [-0.39, 0.29) is 28.9 Å². The van der Waals surface area contributed by atoms with Crippen LogP contribution in [0.1, 0.15) is 44.9 Å². The number of hydrogen-bond donors (Lipinski definition) is 0. The second-order valence-corrected chi connectivity index (χ2v) is 7.70. The summed E-state index contributed by atoms with van der Waals surface area (Å²) in [5.41, 5.74) is 0. The third-order valence-electron chi connectivity index (χ3n) is 4.10. The largest absolute Gasteiger partial charge is 0.299 e. The Balaban J connectivity index is 1.92. The van der Waals surface area contributed by atoms with Crippen LogP contribution >= 0.6 is 0 Å². The Bertz CT molecular complexity index is 371. The van der Waals surface area contributed by atoms with Crippen molar-refractivity contribution in [2.75, 3.05) is 6.67 Å². The normalized spacial score (nSPS) is 34.8. The van der Waals surface area contributed by atoms with Gasteiger partial charge in [0.1, 0.15) is 5.78 Å². The fraction of sp³-hybridized carbons (Fsp3) is 0.917. The van der Waals surface area contributed by atoms with Crippen LogP contribution in [0.2, 0.25) is 0 Å². The predicted octanol–water partition coefficient (Wildman–Crippen LogP) is 2.05. The maximum atomic E-state index is 11.9. The molecule has 0 aromatic heterocycles. The lowest BCUT2D eigenvalue weighted by atomic mass is 9.92. The van der Waals surface area contributed by atoms with Crippen LogP contribution in [0, 0.1) is 5.92 Å². The molecule has 0 aromatic carbocycles. The number of carbonyl (C=O) groups is 1. The summed E-state index contributed by atoms with van der Waals surface area (Å²) in [6.45, 7) is -0.377. The Labute approximate surface area is 102 Å². The zero-order chi connectivity index (χ0) is 12.5. The van der Waals surface area contributed by atoms with E-state index in [1.807, 2.05) is 0 Å². The zero-order valence-electron chi connectivity index (χ0n) is 9.90. The summed E-state index contributed by atoms with van der Waals surface area (Å²) >= 11 is 0. The Morgan fingerprint density at radius 3 is 2.24 bits per heavy atom.